The van der Waals surface area contributed by atoms with Crippen molar-refractivity contribution in [2.75, 3.05) is 26.2 Å². The highest BCUT2D eigenvalue weighted by Crippen LogP contribution is 2.07. The zero-order valence-corrected chi connectivity index (χ0v) is 11.5. The number of hydrogen-bond acceptors (Lipinski definition) is 4. The highest BCUT2D eigenvalue weighted by atomic mass is 35.5. The van der Waals surface area contributed by atoms with Crippen LogP contribution in [0.2, 0.25) is 0 Å². The first-order chi connectivity index (χ1) is 8.15. The van der Waals surface area contributed by atoms with Crippen molar-refractivity contribution in [3.63, 3.8) is 0 Å². The topological polar surface area (TPSA) is 70.6 Å². The molecule has 18 heavy (non-hydrogen) atoms. The first-order valence-electron chi connectivity index (χ1n) is 6.04. The molecule has 3 atom stereocenters. The largest absolute Gasteiger partial charge is 0.391 e. The summed E-state index contributed by atoms with van der Waals surface area (Å²) in [5, 5.41) is 15.4. The highest BCUT2D eigenvalue weighted by molar-refractivity contribution is 5.85. The molecule has 1 heterocycles. The van der Waals surface area contributed by atoms with Crippen molar-refractivity contribution >= 4 is 18.3 Å². The Labute approximate surface area is 114 Å². The summed E-state index contributed by atoms with van der Waals surface area (Å²) in [7, 11) is 0. The first kappa shape index (κ1) is 17.4. The van der Waals surface area contributed by atoms with Crippen molar-refractivity contribution in [1.82, 2.24) is 10.6 Å². The van der Waals surface area contributed by atoms with Crippen molar-refractivity contribution in [1.29, 1.82) is 0 Å². The smallest absolute Gasteiger partial charge is 0.248 e. The van der Waals surface area contributed by atoms with Crippen LogP contribution in [0.25, 0.3) is 0 Å². The summed E-state index contributed by atoms with van der Waals surface area (Å²) in [6.07, 6.45) is 1.67. The van der Waals surface area contributed by atoms with Gasteiger partial charge in [0, 0.05) is 25.6 Å². The number of nitrogens with one attached hydrogen (secondary N) is 2. The minimum Gasteiger partial charge on any atom is -0.391 e. The van der Waals surface area contributed by atoms with Crippen LogP contribution in [0.15, 0.2) is 12.7 Å². The van der Waals surface area contributed by atoms with Gasteiger partial charge in [-0.3, -0.25) is 4.79 Å². The summed E-state index contributed by atoms with van der Waals surface area (Å²) in [6.45, 7) is 7.65. The average Bonchev–Trinajstić information content (AvgIpc) is 2.72. The number of carbonyl (C=O) groups excluding carboxylic acids is 1. The number of aliphatic hydroxyl groups excluding tert-OH is 1. The second kappa shape index (κ2) is 9.33. The van der Waals surface area contributed by atoms with Gasteiger partial charge in [-0.25, -0.2) is 0 Å². The molecule has 1 aliphatic rings. The summed E-state index contributed by atoms with van der Waals surface area (Å²) < 4.78 is 5.32. The maximum atomic E-state index is 11.6. The number of hydrogen-bond donors (Lipinski definition) is 3. The molecule has 0 aliphatic carbocycles. The number of rotatable bonds is 7. The molecule has 0 aromatic heterocycles. The summed E-state index contributed by atoms with van der Waals surface area (Å²) in [6, 6.07) is 0. The lowest BCUT2D eigenvalue weighted by Crippen LogP contribution is -2.40. The van der Waals surface area contributed by atoms with Crippen LogP contribution in [0.3, 0.4) is 0 Å². The second-order valence-electron chi connectivity index (χ2n) is 4.32. The molecular formula is C12H23ClN2O3. The predicted molar refractivity (Wildman–Crippen MR) is 72.9 cm³/mol. The van der Waals surface area contributed by atoms with E-state index in [1.165, 1.54) is 0 Å². The molecular weight excluding hydrogens is 256 g/mol. The monoisotopic (exact) mass is 278 g/mol. The van der Waals surface area contributed by atoms with Crippen molar-refractivity contribution in [3.8, 4) is 0 Å². The lowest BCUT2D eigenvalue weighted by atomic mass is 10.1. The third kappa shape index (κ3) is 5.82. The second-order valence-corrected chi connectivity index (χ2v) is 4.32. The number of β-amino-alcohol motifs (C(OH)–C–C–N with tert-alkyl or cyclic N) is 1. The van der Waals surface area contributed by atoms with E-state index in [9.17, 15) is 9.90 Å². The van der Waals surface area contributed by atoms with E-state index >= 15 is 0 Å². The quantitative estimate of drug-likeness (QED) is 0.456. The average molecular weight is 279 g/mol. The third-order valence-corrected chi connectivity index (χ3v) is 2.90. The van der Waals surface area contributed by atoms with E-state index in [1.807, 2.05) is 0 Å². The first-order valence-corrected chi connectivity index (χ1v) is 6.04. The molecule has 1 saturated heterocycles. The van der Waals surface area contributed by atoms with Gasteiger partial charge in [0.2, 0.25) is 5.91 Å². The Bertz CT molecular complexity index is 264. The Hall–Kier alpha value is -0.620. The Balaban J connectivity index is 0.00000289. The summed E-state index contributed by atoms with van der Waals surface area (Å²) in [5.74, 6) is -0.0347. The van der Waals surface area contributed by atoms with Crippen molar-refractivity contribution in [2.45, 2.75) is 25.6 Å². The van der Waals surface area contributed by atoms with E-state index in [-0.39, 0.29) is 30.3 Å². The van der Waals surface area contributed by atoms with E-state index in [4.69, 9.17) is 4.74 Å². The molecule has 1 rings (SSSR count). The predicted octanol–water partition coefficient (Wildman–Crippen LogP) is 0.0859. The number of halogens is 1. The summed E-state index contributed by atoms with van der Waals surface area (Å²) in [5.41, 5.74) is 0. The van der Waals surface area contributed by atoms with Gasteiger partial charge in [-0.2, -0.15) is 0 Å². The van der Waals surface area contributed by atoms with Gasteiger partial charge in [0.05, 0.1) is 12.7 Å². The molecule has 0 aromatic carbocycles. The van der Waals surface area contributed by atoms with Gasteiger partial charge < -0.3 is 20.5 Å². The molecule has 0 bridgehead atoms. The van der Waals surface area contributed by atoms with E-state index in [0.29, 0.717) is 19.7 Å². The van der Waals surface area contributed by atoms with E-state index in [1.54, 1.807) is 13.0 Å². The zero-order chi connectivity index (χ0) is 12.7. The van der Waals surface area contributed by atoms with Crippen LogP contribution in [0.4, 0.5) is 0 Å². The minimum absolute atomic E-state index is 0. The number of aliphatic hydroxyl groups is 1. The molecule has 0 saturated carbocycles. The van der Waals surface area contributed by atoms with Gasteiger partial charge in [-0.05, 0) is 13.3 Å². The lowest BCUT2D eigenvalue weighted by molar-refractivity contribution is -0.131. The molecule has 3 unspecified atom stereocenters. The van der Waals surface area contributed by atoms with E-state index < -0.39 is 6.10 Å². The van der Waals surface area contributed by atoms with E-state index in [2.05, 4.69) is 17.2 Å². The van der Waals surface area contributed by atoms with Crippen LogP contribution in [0.5, 0.6) is 0 Å². The molecule has 5 nitrogen and oxygen atoms in total. The normalized spacial score (nSPS) is 24.1. The maximum Gasteiger partial charge on any atom is 0.248 e. The standard InChI is InChI=1S/C12H22N2O3.ClH/c1-3-4-5-17-9(2)12(16)14-7-10-6-13-8-11(10)15;/h3,9-11,13,15H,1,4-8H2,2H3,(H,14,16);1H. The molecule has 0 radical (unpaired) electrons. The maximum absolute atomic E-state index is 11.6. The van der Waals surface area contributed by atoms with Gasteiger partial charge in [0.1, 0.15) is 6.10 Å². The molecule has 6 heteroatoms. The van der Waals surface area contributed by atoms with Gasteiger partial charge in [0.15, 0.2) is 0 Å². The van der Waals surface area contributed by atoms with Gasteiger partial charge >= 0.3 is 0 Å². The molecule has 0 aromatic rings. The Morgan fingerprint density at radius 3 is 2.94 bits per heavy atom. The van der Waals surface area contributed by atoms with Gasteiger partial charge in [0.25, 0.3) is 0 Å². The van der Waals surface area contributed by atoms with Crippen LogP contribution >= 0.6 is 12.4 Å². The van der Waals surface area contributed by atoms with Crippen molar-refractivity contribution in [3.05, 3.63) is 12.7 Å². The fourth-order valence-corrected chi connectivity index (χ4v) is 1.71. The molecule has 1 amide bonds. The molecule has 106 valence electrons. The molecule has 0 spiro atoms. The minimum atomic E-state index is -0.457. The summed E-state index contributed by atoms with van der Waals surface area (Å²) in [4.78, 5) is 11.6. The van der Waals surface area contributed by atoms with E-state index in [0.717, 1.165) is 13.0 Å². The van der Waals surface area contributed by atoms with Crippen LogP contribution in [-0.4, -0.2) is 49.5 Å². The Morgan fingerprint density at radius 2 is 2.39 bits per heavy atom. The van der Waals surface area contributed by atoms with Crippen LogP contribution < -0.4 is 10.6 Å². The fourth-order valence-electron chi connectivity index (χ4n) is 1.71. The Kier molecular flexibility index (Phi) is 9.01. The number of carbonyl (C=O) groups is 1. The Morgan fingerprint density at radius 1 is 1.67 bits per heavy atom. The highest BCUT2D eigenvalue weighted by Gasteiger charge is 2.25. The fraction of sp³-hybridized carbons (Fsp3) is 0.750. The van der Waals surface area contributed by atoms with Gasteiger partial charge in [-0.15, -0.1) is 19.0 Å². The summed E-state index contributed by atoms with van der Waals surface area (Å²) >= 11 is 0. The zero-order valence-electron chi connectivity index (χ0n) is 10.7. The SMILES string of the molecule is C=CCCOC(C)C(=O)NCC1CNCC1O.Cl. The molecule has 1 aliphatic heterocycles. The lowest BCUT2D eigenvalue weighted by Gasteiger charge is -2.17. The van der Waals surface area contributed by atoms with Crippen LogP contribution in [0.1, 0.15) is 13.3 Å². The van der Waals surface area contributed by atoms with Crippen LogP contribution in [-0.2, 0) is 9.53 Å². The third-order valence-electron chi connectivity index (χ3n) is 2.90. The number of ether oxygens (including phenoxy) is 1. The number of amides is 1. The molecule has 1 fully saturated rings. The van der Waals surface area contributed by atoms with Crippen LogP contribution in [0, 0.1) is 5.92 Å². The van der Waals surface area contributed by atoms with Crippen molar-refractivity contribution < 1.29 is 14.6 Å². The van der Waals surface area contributed by atoms with Gasteiger partial charge in [-0.1, -0.05) is 6.08 Å². The molecule has 3 N–H and O–H groups in total. The van der Waals surface area contributed by atoms with Crippen molar-refractivity contribution in [2.24, 2.45) is 5.92 Å².